The van der Waals surface area contributed by atoms with Crippen molar-refractivity contribution in [3.05, 3.63) is 91.7 Å². The van der Waals surface area contributed by atoms with Crippen LogP contribution in [0.3, 0.4) is 0 Å². The number of carbonyl (C=O) groups is 2. The summed E-state index contributed by atoms with van der Waals surface area (Å²) in [5, 5.41) is 3.17. The van der Waals surface area contributed by atoms with E-state index >= 15 is 0 Å². The molecule has 0 atom stereocenters. The molecule has 0 aliphatic heterocycles. The summed E-state index contributed by atoms with van der Waals surface area (Å²) in [5.74, 6) is -0.654. The van der Waals surface area contributed by atoms with Gasteiger partial charge < -0.3 is 14.9 Å². The molecule has 0 radical (unpaired) electrons. The number of rotatable bonds is 4. The molecule has 9 heteroatoms. The molecule has 4 rings (SSSR count). The molecule has 8 nitrogen and oxygen atoms in total. The molecule has 2 N–H and O–H groups in total. The maximum absolute atomic E-state index is 13.1. The number of hydrogen-bond donors (Lipinski definition) is 2. The molecule has 0 bridgehead atoms. The van der Waals surface area contributed by atoms with Gasteiger partial charge in [-0.25, -0.2) is 9.36 Å². The monoisotopic (exact) mass is 436 g/mol. The van der Waals surface area contributed by atoms with E-state index in [9.17, 15) is 19.2 Å². The Bertz CT molecular complexity index is 1460. The molecule has 0 aliphatic rings. The van der Waals surface area contributed by atoms with Crippen LogP contribution in [0, 0.1) is 0 Å². The van der Waals surface area contributed by atoms with Gasteiger partial charge in [-0.1, -0.05) is 23.7 Å². The number of benzene rings is 2. The number of carbonyl (C=O) groups excluding carboxylic acids is 2. The van der Waals surface area contributed by atoms with Crippen molar-refractivity contribution in [3.8, 4) is 5.69 Å². The molecule has 0 saturated carbocycles. The highest BCUT2D eigenvalue weighted by molar-refractivity contribution is 6.30. The first kappa shape index (κ1) is 20.4. The number of amides is 1. The molecular formula is C22H17ClN4O4. The minimum Gasteiger partial charge on any atom is -0.344 e. The molecule has 156 valence electrons. The van der Waals surface area contributed by atoms with Gasteiger partial charge >= 0.3 is 5.69 Å². The number of nitrogens with zero attached hydrogens (tertiary/aromatic N) is 2. The molecule has 0 aliphatic carbocycles. The van der Waals surface area contributed by atoms with E-state index in [1.165, 1.54) is 17.7 Å². The molecule has 0 spiro atoms. The minimum absolute atomic E-state index is 0.128. The number of H-pyrrole nitrogens is 1. The minimum atomic E-state index is -0.682. The van der Waals surface area contributed by atoms with E-state index in [0.29, 0.717) is 22.0 Å². The number of anilines is 1. The Morgan fingerprint density at radius 1 is 1.06 bits per heavy atom. The summed E-state index contributed by atoms with van der Waals surface area (Å²) in [6, 6.07) is 12.8. The van der Waals surface area contributed by atoms with Crippen LogP contribution in [0.5, 0.6) is 0 Å². The Morgan fingerprint density at radius 2 is 1.77 bits per heavy atom. The number of halogens is 1. The van der Waals surface area contributed by atoms with Crippen molar-refractivity contribution < 1.29 is 9.59 Å². The van der Waals surface area contributed by atoms with Crippen LogP contribution in [0.1, 0.15) is 27.6 Å². The van der Waals surface area contributed by atoms with E-state index in [1.807, 2.05) is 0 Å². The van der Waals surface area contributed by atoms with E-state index < -0.39 is 17.2 Å². The summed E-state index contributed by atoms with van der Waals surface area (Å²) in [5.41, 5.74) is 0.399. The fourth-order valence-electron chi connectivity index (χ4n) is 3.38. The lowest BCUT2D eigenvalue weighted by Gasteiger charge is -2.07. The summed E-state index contributed by atoms with van der Waals surface area (Å²) < 4.78 is 2.47. The van der Waals surface area contributed by atoms with Crippen LogP contribution >= 0.6 is 11.6 Å². The van der Waals surface area contributed by atoms with Crippen molar-refractivity contribution >= 4 is 40.0 Å². The first-order valence-corrected chi connectivity index (χ1v) is 9.66. The van der Waals surface area contributed by atoms with Crippen molar-refractivity contribution in [1.82, 2.24) is 14.1 Å². The van der Waals surface area contributed by atoms with Gasteiger partial charge in [0, 0.05) is 29.5 Å². The van der Waals surface area contributed by atoms with Gasteiger partial charge in [0.2, 0.25) is 0 Å². The molecule has 0 unspecified atom stereocenters. The third-order valence-electron chi connectivity index (χ3n) is 4.88. The molecule has 0 saturated heterocycles. The predicted octanol–water partition coefficient (Wildman–Crippen LogP) is 3.13. The first-order valence-electron chi connectivity index (χ1n) is 9.29. The van der Waals surface area contributed by atoms with Crippen molar-refractivity contribution in [1.29, 1.82) is 0 Å². The summed E-state index contributed by atoms with van der Waals surface area (Å²) >= 11 is 5.89. The van der Waals surface area contributed by atoms with Gasteiger partial charge in [-0.3, -0.25) is 14.4 Å². The van der Waals surface area contributed by atoms with E-state index in [2.05, 4.69) is 10.3 Å². The topological polar surface area (TPSA) is 106 Å². The molecule has 2 aromatic heterocycles. The Labute approximate surface area is 180 Å². The second-order valence-corrected chi connectivity index (χ2v) is 7.45. The maximum atomic E-state index is 13.1. The lowest BCUT2D eigenvalue weighted by molar-refractivity contribution is 0.101. The molecule has 31 heavy (non-hydrogen) atoms. The SMILES string of the molecule is CC(=O)c1cccc(NC(=O)c2cn(C)c3c(=O)n(-c4ccc(Cl)cc4)c(=O)[nH]c23)c1. The number of aryl methyl sites for hydroxylation is 1. The van der Waals surface area contributed by atoms with Crippen molar-refractivity contribution in [2.24, 2.45) is 7.05 Å². The zero-order valence-corrected chi connectivity index (χ0v) is 17.4. The maximum Gasteiger partial charge on any atom is 0.333 e. The average molecular weight is 437 g/mol. The van der Waals surface area contributed by atoms with Gasteiger partial charge in [-0.2, -0.15) is 0 Å². The van der Waals surface area contributed by atoms with Crippen LogP contribution < -0.4 is 16.6 Å². The van der Waals surface area contributed by atoms with Crippen LogP contribution in [-0.2, 0) is 7.05 Å². The Kier molecular flexibility index (Phi) is 5.08. The lowest BCUT2D eigenvalue weighted by atomic mass is 10.1. The van der Waals surface area contributed by atoms with Gasteiger partial charge in [0.25, 0.3) is 11.5 Å². The summed E-state index contributed by atoms with van der Waals surface area (Å²) in [6.07, 6.45) is 1.47. The number of aromatic nitrogens is 3. The third kappa shape index (κ3) is 3.69. The Balaban J connectivity index is 1.80. The van der Waals surface area contributed by atoms with Gasteiger partial charge in [-0.05, 0) is 43.3 Å². The smallest absolute Gasteiger partial charge is 0.333 e. The highest BCUT2D eigenvalue weighted by atomic mass is 35.5. The second-order valence-electron chi connectivity index (χ2n) is 7.02. The van der Waals surface area contributed by atoms with Gasteiger partial charge in [0.1, 0.15) is 5.52 Å². The zero-order chi connectivity index (χ0) is 22.3. The fraction of sp³-hybridized carbons (Fsp3) is 0.0909. The summed E-state index contributed by atoms with van der Waals surface area (Å²) in [6.45, 7) is 1.43. The first-order chi connectivity index (χ1) is 14.8. The number of nitrogens with one attached hydrogen (secondary N) is 2. The highest BCUT2D eigenvalue weighted by Crippen LogP contribution is 2.19. The highest BCUT2D eigenvalue weighted by Gasteiger charge is 2.20. The summed E-state index contributed by atoms with van der Waals surface area (Å²) in [7, 11) is 1.61. The van der Waals surface area contributed by atoms with Crippen LogP contribution in [0.15, 0.2) is 64.3 Å². The molecule has 1 amide bonds. The number of fused-ring (bicyclic) bond motifs is 1. The fourth-order valence-corrected chi connectivity index (χ4v) is 3.51. The van der Waals surface area contributed by atoms with Crippen molar-refractivity contribution in [3.63, 3.8) is 0 Å². The number of Topliss-reactive ketones (excluding diaryl/α,β-unsaturated/α-hetero) is 1. The molecular weight excluding hydrogens is 420 g/mol. The quantitative estimate of drug-likeness (QED) is 0.479. The Hall–Kier alpha value is -3.91. The van der Waals surface area contributed by atoms with E-state index in [0.717, 1.165) is 4.57 Å². The third-order valence-corrected chi connectivity index (χ3v) is 5.13. The largest absolute Gasteiger partial charge is 0.344 e. The van der Waals surface area contributed by atoms with E-state index in [-0.39, 0.29) is 22.4 Å². The number of aromatic amines is 1. The molecule has 4 aromatic rings. The van der Waals surface area contributed by atoms with Crippen LogP contribution in [-0.4, -0.2) is 25.8 Å². The molecule has 2 heterocycles. The average Bonchev–Trinajstić information content (AvgIpc) is 3.06. The van der Waals surface area contributed by atoms with Crippen LogP contribution in [0.4, 0.5) is 5.69 Å². The van der Waals surface area contributed by atoms with E-state index in [1.54, 1.807) is 55.6 Å². The second kappa shape index (κ2) is 7.73. The normalized spacial score (nSPS) is 10.9. The number of ketones is 1. The standard InChI is InChI=1S/C22H17ClN4O4/c1-12(28)13-4-3-5-15(10-13)24-20(29)17-11-26(2)19-18(17)25-22(31)27(21(19)30)16-8-6-14(23)7-9-16/h3-11H,1-2H3,(H,24,29)(H,25,31). The van der Waals surface area contributed by atoms with Crippen molar-refractivity contribution in [2.75, 3.05) is 5.32 Å². The van der Waals surface area contributed by atoms with Gasteiger partial charge in [0.05, 0.1) is 16.8 Å². The van der Waals surface area contributed by atoms with Gasteiger partial charge in [-0.15, -0.1) is 0 Å². The summed E-state index contributed by atoms with van der Waals surface area (Å²) in [4.78, 5) is 52.9. The zero-order valence-electron chi connectivity index (χ0n) is 16.6. The van der Waals surface area contributed by atoms with Gasteiger partial charge in [0.15, 0.2) is 5.78 Å². The lowest BCUT2D eigenvalue weighted by Crippen LogP contribution is -2.34. The predicted molar refractivity (Wildman–Crippen MR) is 119 cm³/mol. The van der Waals surface area contributed by atoms with E-state index in [4.69, 9.17) is 11.6 Å². The van der Waals surface area contributed by atoms with Crippen LogP contribution in [0.2, 0.25) is 5.02 Å². The molecule has 0 fully saturated rings. The Morgan fingerprint density at radius 3 is 2.45 bits per heavy atom. The number of hydrogen-bond acceptors (Lipinski definition) is 4. The molecule has 2 aromatic carbocycles. The van der Waals surface area contributed by atoms with Crippen LogP contribution in [0.25, 0.3) is 16.7 Å². The van der Waals surface area contributed by atoms with Crippen molar-refractivity contribution in [2.45, 2.75) is 6.92 Å².